The fraction of sp³-hybridized carbons (Fsp3) is 0.750. The molecule has 0 bridgehead atoms. The van der Waals surface area contributed by atoms with Crippen molar-refractivity contribution >= 4 is 21.9 Å². The van der Waals surface area contributed by atoms with Crippen LogP contribution in [0.3, 0.4) is 0 Å². The Morgan fingerprint density at radius 3 is 2.46 bits per heavy atom. The summed E-state index contributed by atoms with van der Waals surface area (Å²) >= 11 is 0. The monoisotopic (exact) mass is 558 g/mol. The van der Waals surface area contributed by atoms with Gasteiger partial charge in [0.25, 0.3) is 10.1 Å². The Bertz CT molecular complexity index is 1190. The predicted octanol–water partition coefficient (Wildman–Crippen LogP) is 6.50. The summed E-state index contributed by atoms with van der Waals surface area (Å²) in [4.78, 5) is 26.0. The summed E-state index contributed by atoms with van der Waals surface area (Å²) in [6.07, 6.45) is 8.22. The number of rotatable bonds is 7. The maximum Gasteiger partial charge on any atom is 0.305 e. The Morgan fingerprint density at radius 2 is 1.77 bits per heavy atom. The summed E-state index contributed by atoms with van der Waals surface area (Å²) in [5.74, 6) is 2.57. The van der Waals surface area contributed by atoms with Crippen LogP contribution in [-0.4, -0.2) is 33.4 Å². The van der Waals surface area contributed by atoms with E-state index in [1.807, 2.05) is 6.92 Å². The number of ether oxygens (including phenoxy) is 1. The second-order valence-corrected chi connectivity index (χ2v) is 15.2. The van der Waals surface area contributed by atoms with Crippen molar-refractivity contribution in [3.05, 3.63) is 29.8 Å². The van der Waals surface area contributed by atoms with Crippen molar-refractivity contribution in [2.24, 2.45) is 46.3 Å². The molecule has 4 fully saturated rings. The Labute approximate surface area is 234 Å². The van der Waals surface area contributed by atoms with E-state index in [9.17, 15) is 18.0 Å². The summed E-state index contributed by atoms with van der Waals surface area (Å²) in [6.45, 7) is 8.76. The van der Waals surface area contributed by atoms with Gasteiger partial charge in [0.05, 0.1) is 18.1 Å². The molecular formula is C32H46O6S. The quantitative estimate of drug-likeness (QED) is 0.281. The summed E-state index contributed by atoms with van der Waals surface area (Å²) < 4.78 is 36.6. The van der Waals surface area contributed by atoms with Gasteiger partial charge in [-0.15, -0.1) is 0 Å². The number of carbonyl (C=O) groups excluding carboxylic acids is 2. The lowest BCUT2D eigenvalue weighted by molar-refractivity contribution is -0.160. The van der Waals surface area contributed by atoms with Gasteiger partial charge in [0, 0.05) is 18.3 Å². The maximum atomic E-state index is 14.0. The third-order valence-electron chi connectivity index (χ3n) is 11.8. The van der Waals surface area contributed by atoms with Gasteiger partial charge in [-0.3, -0.25) is 13.8 Å². The van der Waals surface area contributed by atoms with Crippen molar-refractivity contribution < 1.29 is 26.9 Å². The van der Waals surface area contributed by atoms with Gasteiger partial charge < -0.3 is 4.74 Å². The molecule has 0 heterocycles. The van der Waals surface area contributed by atoms with E-state index >= 15 is 0 Å². The first-order valence-electron chi connectivity index (χ1n) is 15.0. The summed E-state index contributed by atoms with van der Waals surface area (Å²) in [5.41, 5.74) is 0.756. The van der Waals surface area contributed by atoms with E-state index in [4.69, 9.17) is 8.92 Å². The molecule has 216 valence electrons. The van der Waals surface area contributed by atoms with Crippen LogP contribution in [0.4, 0.5) is 0 Å². The fourth-order valence-corrected chi connectivity index (χ4v) is 10.7. The van der Waals surface area contributed by atoms with Crippen LogP contribution in [0.1, 0.15) is 90.5 Å². The molecule has 4 aliphatic carbocycles. The first-order chi connectivity index (χ1) is 18.4. The average Bonchev–Trinajstić information content (AvgIpc) is 3.26. The Kier molecular flexibility index (Phi) is 7.82. The first-order valence-corrected chi connectivity index (χ1v) is 16.4. The van der Waals surface area contributed by atoms with E-state index in [-0.39, 0.29) is 27.8 Å². The highest BCUT2D eigenvalue weighted by Gasteiger charge is 2.64. The molecule has 0 amide bonds. The van der Waals surface area contributed by atoms with Crippen molar-refractivity contribution in [3.63, 3.8) is 0 Å². The molecular weight excluding hydrogens is 512 g/mol. The number of hydrogen-bond acceptors (Lipinski definition) is 6. The third kappa shape index (κ3) is 5.00. The number of benzene rings is 1. The van der Waals surface area contributed by atoms with Crippen LogP contribution in [0.15, 0.2) is 29.2 Å². The second kappa shape index (κ2) is 10.6. The van der Waals surface area contributed by atoms with Crippen molar-refractivity contribution in [2.45, 2.75) is 103 Å². The van der Waals surface area contributed by atoms with Gasteiger partial charge >= 0.3 is 5.97 Å². The number of aryl methyl sites for hydroxylation is 1. The minimum absolute atomic E-state index is 0.0436. The minimum Gasteiger partial charge on any atom is -0.469 e. The number of fused-ring (bicyclic) bond motifs is 5. The number of esters is 1. The van der Waals surface area contributed by atoms with E-state index in [0.717, 1.165) is 50.5 Å². The summed E-state index contributed by atoms with van der Waals surface area (Å²) in [7, 11) is -2.36. The van der Waals surface area contributed by atoms with Crippen molar-refractivity contribution in [1.29, 1.82) is 0 Å². The van der Waals surface area contributed by atoms with Crippen LogP contribution in [0.25, 0.3) is 0 Å². The van der Waals surface area contributed by atoms with Crippen LogP contribution >= 0.6 is 0 Å². The topological polar surface area (TPSA) is 86.7 Å². The standard InChI is InChI=1S/C32H46O6S/c1-20-6-10-24(11-7-20)39(35,36)38-23-16-17-31(3)22(18-23)9-12-25-27-14-13-26(21(2)8-15-30(34)37-5)32(27,4)29(33)19-28(25)31/h6-7,10-11,21-23,25-28H,8-9,12-19H2,1-5H3/t21-,22-,23-,25+,26-,27+,28+,31+,32-/m1/s1. The molecule has 0 aliphatic heterocycles. The second-order valence-electron chi connectivity index (χ2n) is 13.6. The van der Waals surface area contributed by atoms with Crippen LogP contribution in [-0.2, 0) is 28.6 Å². The first kappa shape index (κ1) is 28.8. The van der Waals surface area contributed by atoms with E-state index in [1.54, 1.807) is 24.3 Å². The average molecular weight is 559 g/mol. The van der Waals surface area contributed by atoms with Crippen LogP contribution < -0.4 is 0 Å². The molecule has 4 saturated carbocycles. The molecule has 1 aromatic rings. The van der Waals surface area contributed by atoms with Gasteiger partial charge in [-0.25, -0.2) is 0 Å². The van der Waals surface area contributed by atoms with E-state index in [0.29, 0.717) is 60.6 Å². The molecule has 0 N–H and O–H groups in total. The highest BCUT2D eigenvalue weighted by Crippen LogP contribution is 2.67. The molecule has 0 spiro atoms. The molecule has 7 heteroatoms. The Hall–Kier alpha value is -1.73. The molecule has 6 nitrogen and oxygen atoms in total. The van der Waals surface area contributed by atoms with Crippen molar-refractivity contribution in [3.8, 4) is 0 Å². The van der Waals surface area contributed by atoms with Gasteiger partial charge in [0.1, 0.15) is 5.78 Å². The number of ketones is 1. The zero-order valence-electron chi connectivity index (χ0n) is 24.3. The van der Waals surface area contributed by atoms with Crippen LogP contribution in [0.2, 0.25) is 0 Å². The molecule has 1 aromatic carbocycles. The fourth-order valence-electron chi connectivity index (χ4n) is 9.54. The molecule has 4 aliphatic rings. The van der Waals surface area contributed by atoms with Gasteiger partial charge in [-0.05, 0) is 111 Å². The molecule has 39 heavy (non-hydrogen) atoms. The van der Waals surface area contributed by atoms with Gasteiger partial charge in [-0.1, -0.05) is 38.5 Å². The molecule has 9 atom stereocenters. The van der Waals surface area contributed by atoms with Crippen LogP contribution in [0.5, 0.6) is 0 Å². The van der Waals surface area contributed by atoms with E-state index < -0.39 is 10.1 Å². The highest BCUT2D eigenvalue weighted by atomic mass is 32.2. The normalized spacial score (nSPS) is 38.8. The Balaban J connectivity index is 1.28. The van der Waals surface area contributed by atoms with Gasteiger partial charge in [-0.2, -0.15) is 8.42 Å². The lowest BCUT2D eigenvalue weighted by atomic mass is 9.44. The number of hydrogen-bond donors (Lipinski definition) is 0. The molecule has 5 rings (SSSR count). The Morgan fingerprint density at radius 1 is 1.05 bits per heavy atom. The van der Waals surface area contributed by atoms with Gasteiger partial charge in [0.15, 0.2) is 0 Å². The smallest absolute Gasteiger partial charge is 0.305 e. The minimum atomic E-state index is -3.80. The van der Waals surface area contributed by atoms with Crippen molar-refractivity contribution in [1.82, 2.24) is 0 Å². The number of Topliss-reactive ketones (excluding diaryl/α,β-unsaturated/α-hetero) is 1. The van der Waals surface area contributed by atoms with Crippen LogP contribution in [0, 0.1) is 53.3 Å². The summed E-state index contributed by atoms with van der Waals surface area (Å²) in [6, 6.07) is 6.85. The molecule has 0 aromatic heterocycles. The van der Waals surface area contributed by atoms with Crippen molar-refractivity contribution in [2.75, 3.05) is 7.11 Å². The molecule has 0 radical (unpaired) electrons. The third-order valence-corrected chi connectivity index (χ3v) is 13.2. The molecule has 0 unspecified atom stereocenters. The SMILES string of the molecule is COC(=O)CC[C@@H](C)[C@H]1CC[C@H]2[C@@H]3CC[C@@H]4C[C@H](OS(=O)(=O)c5ccc(C)cc5)CC[C@]4(C)[C@H]3CC(=O)[C@]12C. The van der Waals surface area contributed by atoms with E-state index in [2.05, 4.69) is 20.8 Å². The lowest BCUT2D eigenvalue weighted by Crippen LogP contribution is -2.57. The van der Waals surface area contributed by atoms with E-state index in [1.165, 1.54) is 7.11 Å². The van der Waals surface area contributed by atoms with Gasteiger partial charge in [0.2, 0.25) is 0 Å². The predicted molar refractivity (Wildman–Crippen MR) is 149 cm³/mol. The lowest BCUT2D eigenvalue weighted by Gasteiger charge is -2.60. The highest BCUT2D eigenvalue weighted by molar-refractivity contribution is 7.86. The maximum absolute atomic E-state index is 14.0. The number of carbonyl (C=O) groups is 2. The zero-order chi connectivity index (χ0) is 28.2. The summed E-state index contributed by atoms with van der Waals surface area (Å²) in [5, 5.41) is 0. The largest absolute Gasteiger partial charge is 0.469 e. The zero-order valence-corrected chi connectivity index (χ0v) is 25.1. The number of methoxy groups -OCH3 is 1. The molecule has 0 saturated heterocycles.